The van der Waals surface area contributed by atoms with Gasteiger partial charge < -0.3 is 4.74 Å². The van der Waals surface area contributed by atoms with Crippen LogP contribution in [-0.4, -0.2) is 17.5 Å². The van der Waals surface area contributed by atoms with E-state index in [0.29, 0.717) is 19.6 Å². The van der Waals surface area contributed by atoms with Crippen LogP contribution in [0.15, 0.2) is 41.1 Å². The number of thiophene rings is 2. The maximum atomic E-state index is 12.8. The lowest BCUT2D eigenvalue weighted by molar-refractivity contribution is 0.0476. The molecular weight excluding hydrogens is 471 g/mol. The third kappa shape index (κ3) is 2.76. The summed E-state index contributed by atoms with van der Waals surface area (Å²) < 4.78 is 5.99. The first-order valence-electron chi connectivity index (χ1n) is 7.27. The fourth-order valence-electron chi connectivity index (χ4n) is 2.67. The lowest BCUT2D eigenvalue weighted by Crippen LogP contribution is -2.21. The maximum Gasteiger partial charge on any atom is 0.349 e. The van der Waals surface area contributed by atoms with E-state index in [-0.39, 0.29) is 28.6 Å². The molecule has 0 amide bonds. The van der Waals surface area contributed by atoms with Crippen LogP contribution in [0.4, 0.5) is 0 Å². The van der Waals surface area contributed by atoms with Gasteiger partial charge in [0.1, 0.15) is 11.5 Å². The van der Waals surface area contributed by atoms with Crippen molar-refractivity contribution < 1.29 is 19.1 Å². The summed E-state index contributed by atoms with van der Waals surface area (Å²) in [4.78, 5) is 38.2. The van der Waals surface area contributed by atoms with Crippen LogP contribution < -0.4 is 0 Å². The topological polar surface area (TPSA) is 60.4 Å². The van der Waals surface area contributed by atoms with E-state index < -0.39 is 5.97 Å². The second-order valence-electron chi connectivity index (χ2n) is 5.37. The molecule has 0 bridgehead atoms. The quantitative estimate of drug-likeness (QED) is 0.319. The summed E-state index contributed by atoms with van der Waals surface area (Å²) in [5.41, 5.74) is 2.16. The molecule has 1 aliphatic carbocycles. The van der Waals surface area contributed by atoms with E-state index in [0.717, 1.165) is 16.9 Å². The zero-order valence-corrected chi connectivity index (χ0v) is 16.4. The van der Waals surface area contributed by atoms with Gasteiger partial charge in [0.2, 0.25) is 0 Å². The maximum absolute atomic E-state index is 12.8. The standard InChI is InChI=1S/C18H9IO4S2/c19-17-13-12(14(20)10-7-24-8-11(10)15(13)21)16(25-17)18(22)23-6-9-4-2-1-3-5-9/h1-5,7-8H,6H2. The monoisotopic (exact) mass is 480 g/mol. The third-order valence-corrected chi connectivity index (χ3v) is 6.77. The second-order valence-corrected chi connectivity index (χ2v) is 8.95. The van der Waals surface area contributed by atoms with Crippen molar-refractivity contribution in [1.82, 2.24) is 0 Å². The number of hydrogen-bond acceptors (Lipinski definition) is 6. The minimum atomic E-state index is -0.576. The van der Waals surface area contributed by atoms with E-state index in [9.17, 15) is 14.4 Å². The van der Waals surface area contributed by atoms with Crippen molar-refractivity contribution in [1.29, 1.82) is 0 Å². The predicted molar refractivity (Wildman–Crippen MR) is 104 cm³/mol. The molecular formula is C18H9IO4S2. The number of esters is 1. The molecule has 4 nitrogen and oxygen atoms in total. The molecule has 7 heteroatoms. The third-order valence-electron chi connectivity index (χ3n) is 3.87. The Morgan fingerprint density at radius 2 is 1.64 bits per heavy atom. The van der Waals surface area contributed by atoms with Crippen molar-refractivity contribution in [3.63, 3.8) is 0 Å². The highest BCUT2D eigenvalue weighted by Crippen LogP contribution is 2.39. The lowest BCUT2D eigenvalue weighted by Gasteiger charge is -2.12. The number of hydrogen-bond donors (Lipinski definition) is 0. The molecule has 0 unspecified atom stereocenters. The summed E-state index contributed by atoms with van der Waals surface area (Å²) >= 11 is 4.44. The average molecular weight is 480 g/mol. The summed E-state index contributed by atoms with van der Waals surface area (Å²) in [5.74, 6) is -1.06. The van der Waals surface area contributed by atoms with Crippen molar-refractivity contribution in [3.8, 4) is 0 Å². The molecule has 0 fully saturated rings. The molecule has 0 saturated carbocycles. The van der Waals surface area contributed by atoms with Gasteiger partial charge in [-0.3, -0.25) is 9.59 Å². The molecule has 0 N–H and O–H groups in total. The fraction of sp³-hybridized carbons (Fsp3) is 0.0556. The second kappa shape index (κ2) is 6.47. The van der Waals surface area contributed by atoms with Crippen LogP contribution in [0.2, 0.25) is 0 Å². The molecule has 0 atom stereocenters. The van der Waals surface area contributed by atoms with Crippen LogP contribution in [0.5, 0.6) is 0 Å². The minimum Gasteiger partial charge on any atom is -0.457 e. The van der Waals surface area contributed by atoms with Crippen molar-refractivity contribution >= 4 is 62.8 Å². The van der Waals surface area contributed by atoms with Crippen molar-refractivity contribution in [2.45, 2.75) is 6.61 Å². The molecule has 2 aromatic heterocycles. The van der Waals surface area contributed by atoms with Crippen LogP contribution in [-0.2, 0) is 11.3 Å². The van der Waals surface area contributed by atoms with Crippen LogP contribution in [0.25, 0.3) is 0 Å². The summed E-state index contributed by atoms with van der Waals surface area (Å²) in [7, 11) is 0. The number of halogens is 1. The molecule has 25 heavy (non-hydrogen) atoms. The Morgan fingerprint density at radius 3 is 2.32 bits per heavy atom. The highest BCUT2D eigenvalue weighted by Gasteiger charge is 2.38. The highest BCUT2D eigenvalue weighted by molar-refractivity contribution is 14.1. The number of rotatable bonds is 3. The molecule has 1 aromatic carbocycles. The van der Waals surface area contributed by atoms with Crippen LogP contribution >= 0.6 is 45.3 Å². The Kier molecular flexibility index (Phi) is 4.30. The molecule has 0 saturated heterocycles. The van der Waals surface area contributed by atoms with Gasteiger partial charge in [-0.2, -0.15) is 11.3 Å². The molecule has 0 spiro atoms. The molecule has 4 rings (SSSR count). The Labute approximate surface area is 164 Å². The van der Waals surface area contributed by atoms with Gasteiger partial charge >= 0.3 is 5.97 Å². The predicted octanol–water partition coefficient (Wildman–Crippen LogP) is 4.55. The molecule has 0 aliphatic heterocycles. The van der Waals surface area contributed by atoms with Gasteiger partial charge in [0.25, 0.3) is 0 Å². The van der Waals surface area contributed by atoms with Crippen LogP contribution in [0.1, 0.15) is 47.1 Å². The first kappa shape index (κ1) is 16.6. The van der Waals surface area contributed by atoms with Crippen LogP contribution in [0.3, 0.4) is 0 Å². The van der Waals surface area contributed by atoms with Crippen molar-refractivity contribution in [2.24, 2.45) is 0 Å². The molecule has 0 radical (unpaired) electrons. The molecule has 3 aromatic rings. The number of ether oxygens (including phenoxy) is 1. The normalized spacial score (nSPS) is 12.7. The minimum absolute atomic E-state index is 0.120. The number of carbonyl (C=O) groups excluding carboxylic acids is 3. The summed E-state index contributed by atoms with van der Waals surface area (Å²) in [6, 6.07) is 9.31. The van der Waals surface area contributed by atoms with Gasteiger partial charge in [-0.05, 0) is 28.2 Å². The van der Waals surface area contributed by atoms with Gasteiger partial charge in [-0.1, -0.05) is 30.3 Å². The highest BCUT2D eigenvalue weighted by atomic mass is 127. The fourth-order valence-corrected chi connectivity index (χ4v) is 5.57. The molecule has 2 heterocycles. The Balaban J connectivity index is 1.69. The number of benzene rings is 1. The molecule has 1 aliphatic rings. The number of ketones is 2. The van der Waals surface area contributed by atoms with E-state index in [1.807, 2.05) is 52.9 Å². The molecule has 124 valence electrons. The smallest absolute Gasteiger partial charge is 0.349 e. The summed E-state index contributed by atoms with van der Waals surface area (Å²) in [5, 5.41) is 3.34. The van der Waals surface area contributed by atoms with Crippen molar-refractivity contribution in [3.05, 3.63) is 76.7 Å². The summed E-state index contributed by atoms with van der Waals surface area (Å²) in [6.45, 7) is 0.120. The van der Waals surface area contributed by atoms with Gasteiger partial charge in [0, 0.05) is 21.9 Å². The van der Waals surface area contributed by atoms with E-state index in [2.05, 4.69) is 0 Å². The number of fused-ring (bicyclic) bond motifs is 2. The summed E-state index contributed by atoms with van der Waals surface area (Å²) in [6.07, 6.45) is 0. The van der Waals surface area contributed by atoms with E-state index in [1.165, 1.54) is 11.3 Å². The van der Waals surface area contributed by atoms with Crippen molar-refractivity contribution in [2.75, 3.05) is 0 Å². The van der Waals surface area contributed by atoms with Gasteiger partial charge in [0.05, 0.1) is 14.0 Å². The van der Waals surface area contributed by atoms with E-state index in [1.54, 1.807) is 10.8 Å². The zero-order chi connectivity index (χ0) is 17.6. The largest absolute Gasteiger partial charge is 0.457 e. The Morgan fingerprint density at radius 1 is 1.00 bits per heavy atom. The van der Waals surface area contributed by atoms with Gasteiger partial charge in [-0.25, -0.2) is 4.79 Å². The van der Waals surface area contributed by atoms with E-state index in [4.69, 9.17) is 4.74 Å². The SMILES string of the molecule is O=C(OCc1ccccc1)c1sc(I)c2c1C(=O)c1cscc1C2=O. The van der Waals surface area contributed by atoms with Gasteiger partial charge in [-0.15, -0.1) is 11.3 Å². The van der Waals surface area contributed by atoms with Crippen LogP contribution in [0, 0.1) is 2.88 Å². The van der Waals surface area contributed by atoms with E-state index >= 15 is 0 Å². The zero-order valence-electron chi connectivity index (χ0n) is 12.6. The Bertz CT molecular complexity index is 1020. The average Bonchev–Trinajstić information content (AvgIpc) is 3.24. The lowest BCUT2D eigenvalue weighted by atomic mass is 9.88. The Hall–Kier alpha value is -1.84. The number of carbonyl (C=O) groups is 3. The van der Waals surface area contributed by atoms with Gasteiger partial charge in [0.15, 0.2) is 11.6 Å². The first-order chi connectivity index (χ1) is 12.1. The first-order valence-corrected chi connectivity index (χ1v) is 10.1.